The lowest BCUT2D eigenvalue weighted by Crippen LogP contribution is -2.47. The van der Waals surface area contributed by atoms with Gasteiger partial charge in [-0.25, -0.2) is 0 Å². The lowest BCUT2D eigenvalue weighted by Gasteiger charge is -2.38. The van der Waals surface area contributed by atoms with Crippen molar-refractivity contribution >= 4 is 5.97 Å². The van der Waals surface area contributed by atoms with Crippen LogP contribution in [0.2, 0.25) is 0 Å². The molecule has 0 amide bonds. The Labute approximate surface area is 113 Å². The summed E-state index contributed by atoms with van der Waals surface area (Å²) in [6.45, 7) is 2.76. The van der Waals surface area contributed by atoms with Crippen LogP contribution in [0.4, 0.5) is 0 Å². The molecule has 4 heteroatoms. The number of carbonyl (C=O) groups is 1. The monoisotopic (exact) mass is 264 g/mol. The van der Waals surface area contributed by atoms with Crippen molar-refractivity contribution < 1.29 is 19.4 Å². The molecule has 0 bridgehead atoms. The molecule has 104 valence electrons. The third kappa shape index (κ3) is 2.59. The van der Waals surface area contributed by atoms with Crippen LogP contribution in [0.15, 0.2) is 24.3 Å². The molecule has 1 aromatic rings. The number of methoxy groups -OCH3 is 1. The molecule has 0 saturated carbocycles. The molecule has 2 atom stereocenters. The first kappa shape index (κ1) is 13.9. The number of carboxylic acids is 1. The van der Waals surface area contributed by atoms with Crippen LogP contribution in [0.5, 0.6) is 5.75 Å². The standard InChI is InChI=1S/C15H20O4/c1-11(7-8-18-2)15(14(16)17)9-12-5-3-4-6-13(12)19-10-15/h3-6,11H,7-10H2,1-2H3,(H,16,17). The average molecular weight is 264 g/mol. The number of hydrogen-bond donors (Lipinski definition) is 1. The van der Waals surface area contributed by atoms with E-state index in [1.54, 1.807) is 7.11 Å². The van der Waals surface area contributed by atoms with Crippen LogP contribution >= 0.6 is 0 Å². The molecule has 4 nitrogen and oxygen atoms in total. The molecular weight excluding hydrogens is 244 g/mol. The van der Waals surface area contributed by atoms with Crippen LogP contribution in [0.3, 0.4) is 0 Å². The van der Waals surface area contributed by atoms with Gasteiger partial charge in [0.1, 0.15) is 17.8 Å². The van der Waals surface area contributed by atoms with Gasteiger partial charge in [-0.2, -0.15) is 0 Å². The largest absolute Gasteiger partial charge is 0.492 e. The quantitative estimate of drug-likeness (QED) is 0.887. The molecule has 0 fully saturated rings. The maximum absolute atomic E-state index is 11.8. The van der Waals surface area contributed by atoms with Gasteiger partial charge in [0.05, 0.1) is 0 Å². The number of benzene rings is 1. The summed E-state index contributed by atoms with van der Waals surface area (Å²) in [4.78, 5) is 11.8. The highest BCUT2D eigenvalue weighted by molar-refractivity contribution is 5.76. The maximum atomic E-state index is 11.8. The van der Waals surface area contributed by atoms with Gasteiger partial charge < -0.3 is 14.6 Å². The first-order valence-corrected chi connectivity index (χ1v) is 6.53. The summed E-state index contributed by atoms with van der Waals surface area (Å²) in [7, 11) is 1.63. The molecule has 1 aliphatic rings. The summed E-state index contributed by atoms with van der Waals surface area (Å²) in [5.74, 6) is 0.0160. The molecule has 0 aromatic heterocycles. The summed E-state index contributed by atoms with van der Waals surface area (Å²) in [5, 5.41) is 9.66. The Morgan fingerprint density at radius 2 is 2.26 bits per heavy atom. The Balaban J connectivity index is 2.25. The fraction of sp³-hybridized carbons (Fsp3) is 0.533. The lowest BCUT2D eigenvalue weighted by molar-refractivity contribution is -0.156. The highest BCUT2D eigenvalue weighted by Crippen LogP contribution is 2.41. The predicted octanol–water partition coefficient (Wildman–Crippen LogP) is 2.37. The van der Waals surface area contributed by atoms with E-state index in [9.17, 15) is 9.90 Å². The van der Waals surface area contributed by atoms with Crippen LogP contribution in [0.25, 0.3) is 0 Å². The van der Waals surface area contributed by atoms with E-state index in [0.29, 0.717) is 19.4 Å². The van der Waals surface area contributed by atoms with Gasteiger partial charge in [-0.05, 0) is 30.4 Å². The van der Waals surface area contributed by atoms with E-state index in [1.807, 2.05) is 31.2 Å². The predicted molar refractivity (Wildman–Crippen MR) is 71.4 cm³/mol. The first-order chi connectivity index (χ1) is 9.10. The van der Waals surface area contributed by atoms with Gasteiger partial charge in [0.15, 0.2) is 0 Å². The van der Waals surface area contributed by atoms with E-state index in [0.717, 1.165) is 11.3 Å². The molecule has 1 aromatic carbocycles. The summed E-state index contributed by atoms with van der Waals surface area (Å²) in [5.41, 5.74) is 0.118. The van der Waals surface area contributed by atoms with Gasteiger partial charge in [0, 0.05) is 13.7 Å². The SMILES string of the molecule is COCCC(C)C1(C(=O)O)COc2ccccc2C1. The van der Waals surface area contributed by atoms with E-state index in [2.05, 4.69) is 0 Å². The summed E-state index contributed by atoms with van der Waals surface area (Å²) in [6.07, 6.45) is 1.23. The van der Waals surface area contributed by atoms with Crippen molar-refractivity contribution in [3.8, 4) is 5.75 Å². The molecule has 1 heterocycles. The molecule has 0 spiro atoms. The van der Waals surface area contributed by atoms with Gasteiger partial charge in [0.25, 0.3) is 0 Å². The zero-order valence-corrected chi connectivity index (χ0v) is 11.4. The number of ether oxygens (including phenoxy) is 2. The number of hydrogen-bond acceptors (Lipinski definition) is 3. The Morgan fingerprint density at radius 1 is 1.53 bits per heavy atom. The van der Waals surface area contributed by atoms with Gasteiger partial charge in [-0.15, -0.1) is 0 Å². The topological polar surface area (TPSA) is 55.8 Å². The van der Waals surface area contributed by atoms with E-state index in [4.69, 9.17) is 9.47 Å². The van der Waals surface area contributed by atoms with E-state index >= 15 is 0 Å². The number of rotatable bonds is 5. The van der Waals surface area contributed by atoms with Crippen molar-refractivity contribution in [3.63, 3.8) is 0 Å². The van der Waals surface area contributed by atoms with Crippen molar-refractivity contribution in [1.82, 2.24) is 0 Å². The second-order valence-corrected chi connectivity index (χ2v) is 5.22. The first-order valence-electron chi connectivity index (χ1n) is 6.53. The van der Waals surface area contributed by atoms with E-state index in [1.165, 1.54) is 0 Å². The van der Waals surface area contributed by atoms with Crippen LogP contribution in [0, 0.1) is 11.3 Å². The second-order valence-electron chi connectivity index (χ2n) is 5.22. The Hall–Kier alpha value is -1.55. The van der Waals surface area contributed by atoms with Crippen molar-refractivity contribution in [1.29, 1.82) is 0 Å². The van der Waals surface area contributed by atoms with Crippen LogP contribution < -0.4 is 4.74 Å². The molecular formula is C15H20O4. The van der Waals surface area contributed by atoms with Gasteiger partial charge in [-0.1, -0.05) is 25.1 Å². The molecule has 0 saturated heterocycles. The third-order valence-electron chi connectivity index (χ3n) is 4.09. The van der Waals surface area contributed by atoms with Gasteiger partial charge in [0.2, 0.25) is 0 Å². The smallest absolute Gasteiger partial charge is 0.313 e. The zero-order valence-electron chi connectivity index (χ0n) is 11.4. The fourth-order valence-corrected chi connectivity index (χ4v) is 2.62. The minimum atomic E-state index is -0.854. The summed E-state index contributed by atoms with van der Waals surface area (Å²) >= 11 is 0. The van der Waals surface area contributed by atoms with Crippen LogP contribution in [-0.4, -0.2) is 31.4 Å². The van der Waals surface area contributed by atoms with Crippen LogP contribution in [-0.2, 0) is 16.0 Å². The molecule has 2 unspecified atom stereocenters. The van der Waals surface area contributed by atoms with E-state index < -0.39 is 11.4 Å². The molecule has 0 aliphatic carbocycles. The lowest BCUT2D eigenvalue weighted by atomic mass is 9.70. The summed E-state index contributed by atoms with van der Waals surface area (Å²) < 4.78 is 10.7. The second kappa shape index (κ2) is 5.61. The molecule has 1 N–H and O–H groups in total. The Bertz CT molecular complexity index is 457. The van der Waals surface area contributed by atoms with Gasteiger partial charge >= 0.3 is 5.97 Å². The third-order valence-corrected chi connectivity index (χ3v) is 4.09. The average Bonchev–Trinajstić information content (AvgIpc) is 2.43. The zero-order chi connectivity index (χ0) is 13.9. The fourth-order valence-electron chi connectivity index (χ4n) is 2.62. The minimum Gasteiger partial charge on any atom is -0.492 e. The highest BCUT2D eigenvalue weighted by Gasteiger charge is 2.47. The number of para-hydroxylation sites is 1. The number of aliphatic carboxylic acids is 1. The molecule has 2 rings (SSSR count). The van der Waals surface area contributed by atoms with Crippen molar-refractivity contribution in [2.45, 2.75) is 19.8 Å². The Morgan fingerprint density at radius 3 is 2.95 bits per heavy atom. The number of fused-ring (bicyclic) bond motifs is 1. The number of carboxylic acid groups (broad SMARTS) is 1. The molecule has 1 aliphatic heterocycles. The normalized spacial score (nSPS) is 23.3. The molecule has 0 radical (unpaired) electrons. The van der Waals surface area contributed by atoms with Crippen molar-refractivity contribution in [2.24, 2.45) is 11.3 Å². The maximum Gasteiger partial charge on any atom is 0.313 e. The minimum absolute atomic E-state index is 0.00157. The van der Waals surface area contributed by atoms with Crippen LogP contribution in [0.1, 0.15) is 18.9 Å². The van der Waals surface area contributed by atoms with Gasteiger partial charge in [-0.3, -0.25) is 4.79 Å². The molecule has 19 heavy (non-hydrogen) atoms. The van der Waals surface area contributed by atoms with Crippen molar-refractivity contribution in [3.05, 3.63) is 29.8 Å². The summed E-state index contributed by atoms with van der Waals surface area (Å²) in [6, 6.07) is 7.65. The van der Waals surface area contributed by atoms with Crippen molar-refractivity contribution in [2.75, 3.05) is 20.3 Å². The Kier molecular flexibility index (Phi) is 4.10. The highest BCUT2D eigenvalue weighted by atomic mass is 16.5. The van der Waals surface area contributed by atoms with E-state index in [-0.39, 0.29) is 12.5 Å².